The summed E-state index contributed by atoms with van der Waals surface area (Å²) in [4.78, 5) is 10.6. The van der Waals surface area contributed by atoms with Crippen LogP contribution in [0.15, 0.2) is 12.2 Å². The highest BCUT2D eigenvalue weighted by molar-refractivity contribution is 5.87. The minimum Gasteiger partial charge on any atom is -0.478 e. The summed E-state index contributed by atoms with van der Waals surface area (Å²) in [7, 11) is 1.74. The number of carbonyl (C=O) groups is 1. The van der Waals surface area contributed by atoms with Gasteiger partial charge in [-0.05, 0) is 12.5 Å². The maximum absolute atomic E-state index is 10.6. The van der Waals surface area contributed by atoms with Crippen LogP contribution in [0.25, 0.3) is 0 Å². The Morgan fingerprint density at radius 3 is 2.00 bits per heavy atom. The third kappa shape index (κ3) is 2.66. The highest BCUT2D eigenvalue weighted by Crippen LogP contribution is 2.23. The normalized spacial score (nSPS) is 14.0. The van der Waals surface area contributed by atoms with Crippen molar-refractivity contribution in [1.29, 1.82) is 0 Å². The molecule has 0 aliphatic heterocycles. The number of aliphatic carboxylic acids is 1. The molecule has 0 rings (SSSR count). The van der Waals surface area contributed by atoms with Gasteiger partial charge >= 0.3 is 5.97 Å². The van der Waals surface area contributed by atoms with Gasteiger partial charge < -0.3 is 10.4 Å². The van der Waals surface area contributed by atoms with Gasteiger partial charge in [-0.15, -0.1) is 0 Å². The van der Waals surface area contributed by atoms with E-state index < -0.39 is 5.97 Å². The molecule has 1 atom stereocenters. The highest BCUT2D eigenvalue weighted by atomic mass is 16.4. The van der Waals surface area contributed by atoms with Crippen LogP contribution in [0, 0.1) is 5.41 Å². The van der Waals surface area contributed by atoms with Gasteiger partial charge in [0.25, 0.3) is 0 Å². The van der Waals surface area contributed by atoms with Crippen molar-refractivity contribution in [3.63, 3.8) is 0 Å². The second kappa shape index (κ2) is 3.72. The molecule has 3 nitrogen and oxygen atoms in total. The zero-order valence-corrected chi connectivity index (χ0v) is 8.14. The van der Waals surface area contributed by atoms with Crippen LogP contribution in [0.3, 0.4) is 0 Å². The van der Waals surface area contributed by atoms with Crippen LogP contribution in [-0.4, -0.2) is 24.2 Å². The minimum absolute atomic E-state index is 0.121. The van der Waals surface area contributed by atoms with Crippen molar-refractivity contribution in [1.82, 2.24) is 5.32 Å². The topological polar surface area (TPSA) is 49.3 Å². The van der Waals surface area contributed by atoms with Crippen LogP contribution in [0.1, 0.15) is 20.8 Å². The summed E-state index contributed by atoms with van der Waals surface area (Å²) in [6, 6.07) is -0.185. The number of carboxylic acid groups (broad SMARTS) is 1. The molecule has 0 saturated carbocycles. The lowest BCUT2D eigenvalue weighted by atomic mass is 9.83. The first-order valence-corrected chi connectivity index (χ1v) is 3.90. The molecule has 0 bridgehead atoms. The van der Waals surface area contributed by atoms with Gasteiger partial charge in [0, 0.05) is 11.6 Å². The third-order valence-electron chi connectivity index (χ3n) is 1.78. The molecule has 0 aliphatic carbocycles. The molecule has 1 unspecified atom stereocenters. The maximum atomic E-state index is 10.6. The smallest absolute Gasteiger partial charge is 0.332 e. The van der Waals surface area contributed by atoms with Crippen molar-refractivity contribution < 1.29 is 9.90 Å². The van der Waals surface area contributed by atoms with Crippen LogP contribution in [0.2, 0.25) is 0 Å². The summed E-state index contributed by atoms with van der Waals surface area (Å²) in [6.45, 7) is 9.45. The molecule has 0 saturated heterocycles. The molecule has 0 amide bonds. The Morgan fingerprint density at radius 2 is 1.92 bits per heavy atom. The average molecular weight is 171 g/mol. The molecule has 0 aromatic heterocycles. The van der Waals surface area contributed by atoms with Crippen molar-refractivity contribution in [3.8, 4) is 0 Å². The van der Waals surface area contributed by atoms with Gasteiger partial charge in [-0.3, -0.25) is 0 Å². The molecule has 0 aromatic rings. The van der Waals surface area contributed by atoms with Gasteiger partial charge in [0.2, 0.25) is 0 Å². The van der Waals surface area contributed by atoms with Crippen molar-refractivity contribution >= 4 is 5.97 Å². The molecule has 0 aliphatic rings. The molecule has 70 valence electrons. The fraction of sp³-hybridized carbons (Fsp3) is 0.667. The number of rotatable bonds is 3. The molecule has 0 heterocycles. The van der Waals surface area contributed by atoms with E-state index in [9.17, 15) is 4.79 Å². The van der Waals surface area contributed by atoms with Crippen LogP contribution in [0.4, 0.5) is 0 Å². The zero-order valence-electron chi connectivity index (χ0n) is 8.14. The van der Waals surface area contributed by atoms with E-state index >= 15 is 0 Å². The Balaban J connectivity index is 4.58. The van der Waals surface area contributed by atoms with Crippen LogP contribution in [0.5, 0.6) is 0 Å². The van der Waals surface area contributed by atoms with E-state index in [0.29, 0.717) is 0 Å². The van der Waals surface area contributed by atoms with Crippen molar-refractivity contribution in [2.45, 2.75) is 26.8 Å². The maximum Gasteiger partial charge on any atom is 0.332 e. The van der Waals surface area contributed by atoms with Crippen LogP contribution >= 0.6 is 0 Å². The summed E-state index contributed by atoms with van der Waals surface area (Å²) < 4.78 is 0. The van der Waals surface area contributed by atoms with Gasteiger partial charge in [0.05, 0.1) is 0 Å². The van der Waals surface area contributed by atoms with Gasteiger partial charge in [-0.2, -0.15) is 0 Å². The number of nitrogens with one attached hydrogen (secondary N) is 1. The summed E-state index contributed by atoms with van der Waals surface area (Å²) in [5.41, 5.74) is 0.0922. The Kier molecular flexibility index (Phi) is 3.46. The van der Waals surface area contributed by atoms with Gasteiger partial charge in [0.15, 0.2) is 0 Å². The first-order chi connectivity index (χ1) is 5.30. The van der Waals surface area contributed by atoms with E-state index in [1.807, 2.05) is 20.8 Å². The lowest BCUT2D eigenvalue weighted by Crippen LogP contribution is -2.41. The van der Waals surface area contributed by atoms with Crippen molar-refractivity contribution in [2.75, 3.05) is 7.05 Å². The fourth-order valence-electron chi connectivity index (χ4n) is 1.25. The molecule has 2 N–H and O–H groups in total. The largest absolute Gasteiger partial charge is 0.478 e. The second-order valence-electron chi connectivity index (χ2n) is 3.92. The molecular weight excluding hydrogens is 154 g/mol. The van der Waals surface area contributed by atoms with E-state index in [0.717, 1.165) is 0 Å². The zero-order chi connectivity index (χ0) is 9.94. The Hall–Kier alpha value is -0.830. The minimum atomic E-state index is -0.940. The number of hydrogen-bond acceptors (Lipinski definition) is 2. The Bertz CT molecular complexity index is 191. The van der Waals surface area contributed by atoms with Crippen molar-refractivity contribution in [2.24, 2.45) is 5.41 Å². The van der Waals surface area contributed by atoms with Gasteiger partial charge in [-0.1, -0.05) is 27.4 Å². The number of carboxylic acids is 1. The lowest BCUT2D eigenvalue weighted by Gasteiger charge is -2.30. The van der Waals surface area contributed by atoms with E-state index in [1.54, 1.807) is 7.05 Å². The monoisotopic (exact) mass is 171 g/mol. The molecule has 12 heavy (non-hydrogen) atoms. The molecule has 0 aromatic carbocycles. The Labute approximate surface area is 73.5 Å². The predicted octanol–water partition coefficient (Wildman–Crippen LogP) is 1.26. The number of hydrogen-bond donors (Lipinski definition) is 2. The van der Waals surface area contributed by atoms with Crippen LogP contribution < -0.4 is 5.32 Å². The van der Waals surface area contributed by atoms with Gasteiger partial charge in [-0.25, -0.2) is 4.79 Å². The Morgan fingerprint density at radius 1 is 1.50 bits per heavy atom. The molecule has 0 spiro atoms. The first-order valence-electron chi connectivity index (χ1n) is 3.90. The second-order valence-corrected chi connectivity index (χ2v) is 3.92. The summed E-state index contributed by atoms with van der Waals surface area (Å²) in [5.74, 6) is -0.940. The molecule has 3 heteroatoms. The summed E-state index contributed by atoms with van der Waals surface area (Å²) >= 11 is 0. The van der Waals surface area contributed by atoms with Crippen LogP contribution in [-0.2, 0) is 4.79 Å². The third-order valence-corrected chi connectivity index (χ3v) is 1.78. The summed E-state index contributed by atoms with van der Waals surface area (Å²) in [6.07, 6.45) is 0. The summed E-state index contributed by atoms with van der Waals surface area (Å²) in [5, 5.41) is 11.7. The van der Waals surface area contributed by atoms with Crippen molar-refractivity contribution in [3.05, 3.63) is 12.2 Å². The van der Waals surface area contributed by atoms with E-state index in [-0.39, 0.29) is 17.0 Å². The molecule has 0 fully saturated rings. The first kappa shape index (κ1) is 11.2. The SMILES string of the molecule is C=C(C(=O)O)C(NC)C(C)(C)C. The quantitative estimate of drug-likeness (QED) is 0.628. The van der Waals surface area contributed by atoms with E-state index in [1.165, 1.54) is 0 Å². The molecular formula is C9H17NO2. The average Bonchev–Trinajstić information content (AvgIpc) is 1.85. The fourth-order valence-corrected chi connectivity index (χ4v) is 1.25. The standard InChI is InChI=1S/C9H17NO2/c1-6(8(11)12)7(10-5)9(2,3)4/h7,10H,1H2,2-5H3,(H,11,12). The van der Waals surface area contributed by atoms with Gasteiger partial charge in [0.1, 0.15) is 0 Å². The number of likely N-dealkylation sites (N-methyl/N-ethyl adjacent to an activating group) is 1. The van der Waals surface area contributed by atoms with E-state index in [4.69, 9.17) is 5.11 Å². The predicted molar refractivity (Wildman–Crippen MR) is 49.1 cm³/mol. The highest BCUT2D eigenvalue weighted by Gasteiger charge is 2.28. The molecule has 0 radical (unpaired) electrons. The lowest BCUT2D eigenvalue weighted by molar-refractivity contribution is -0.133. The van der Waals surface area contributed by atoms with E-state index in [2.05, 4.69) is 11.9 Å².